The van der Waals surface area contributed by atoms with Gasteiger partial charge in [0.05, 0.1) is 5.02 Å². The summed E-state index contributed by atoms with van der Waals surface area (Å²) in [5.74, 6) is -0.847. The van der Waals surface area contributed by atoms with Gasteiger partial charge in [0, 0.05) is 18.7 Å². The minimum Gasteiger partial charge on any atom is -0.352 e. The molecular formula is C14H16ClFN2O. The number of carbonyl (C=O) groups excluding carboxylic acids is 1. The Bertz CT molecular complexity index is 502. The summed E-state index contributed by atoms with van der Waals surface area (Å²) < 4.78 is 13.2. The van der Waals surface area contributed by atoms with Gasteiger partial charge in [-0.05, 0) is 37.6 Å². The van der Waals surface area contributed by atoms with E-state index in [1.165, 1.54) is 17.7 Å². The molecule has 5 heteroatoms. The number of halogens is 2. The summed E-state index contributed by atoms with van der Waals surface area (Å²) >= 11 is 5.57. The molecule has 1 heterocycles. The highest BCUT2D eigenvalue weighted by Crippen LogP contribution is 2.15. The van der Waals surface area contributed by atoms with Gasteiger partial charge in [0.2, 0.25) is 0 Å². The molecule has 1 aromatic carbocycles. The molecule has 1 amide bonds. The first-order valence-electron chi connectivity index (χ1n) is 6.28. The van der Waals surface area contributed by atoms with Crippen molar-refractivity contribution in [3.05, 3.63) is 46.3 Å². The van der Waals surface area contributed by atoms with E-state index in [1.54, 1.807) is 0 Å². The summed E-state index contributed by atoms with van der Waals surface area (Å²) in [6, 6.07) is 4.06. The molecule has 0 bridgehead atoms. The summed E-state index contributed by atoms with van der Waals surface area (Å²) in [4.78, 5) is 11.8. The fourth-order valence-corrected chi connectivity index (χ4v) is 2.09. The molecule has 19 heavy (non-hydrogen) atoms. The van der Waals surface area contributed by atoms with Gasteiger partial charge in [0.25, 0.3) is 5.91 Å². The van der Waals surface area contributed by atoms with E-state index in [2.05, 4.69) is 16.7 Å². The molecule has 0 radical (unpaired) electrons. The van der Waals surface area contributed by atoms with Crippen LogP contribution in [0.5, 0.6) is 0 Å². The predicted octanol–water partition coefficient (Wildman–Crippen LogP) is 2.52. The Morgan fingerprint density at radius 1 is 1.47 bits per heavy atom. The maximum atomic E-state index is 13.2. The van der Waals surface area contributed by atoms with Gasteiger partial charge in [-0.15, -0.1) is 0 Å². The highest BCUT2D eigenvalue weighted by Gasteiger charge is 2.09. The van der Waals surface area contributed by atoms with Crippen LogP contribution in [-0.2, 0) is 0 Å². The van der Waals surface area contributed by atoms with Gasteiger partial charge < -0.3 is 10.6 Å². The molecule has 0 spiro atoms. The highest BCUT2D eigenvalue weighted by atomic mass is 35.5. The van der Waals surface area contributed by atoms with Crippen molar-refractivity contribution < 1.29 is 9.18 Å². The normalized spacial score (nSPS) is 14.9. The zero-order valence-electron chi connectivity index (χ0n) is 10.5. The molecule has 3 nitrogen and oxygen atoms in total. The third-order valence-electron chi connectivity index (χ3n) is 3.07. The van der Waals surface area contributed by atoms with E-state index in [0.29, 0.717) is 12.1 Å². The molecule has 0 atom stereocenters. The van der Waals surface area contributed by atoms with Crippen molar-refractivity contribution in [3.63, 3.8) is 0 Å². The van der Waals surface area contributed by atoms with Crippen molar-refractivity contribution in [1.29, 1.82) is 0 Å². The standard InChI is InChI=1S/C14H16ClFN2O/c15-12-2-1-11(9-13(12)16)14(19)18-8-5-10-3-6-17-7-4-10/h1-3,9,17H,4-8H2,(H,18,19). The zero-order valence-corrected chi connectivity index (χ0v) is 11.3. The van der Waals surface area contributed by atoms with Crippen LogP contribution in [0.4, 0.5) is 4.39 Å². The molecule has 0 unspecified atom stereocenters. The average Bonchev–Trinajstić information content (AvgIpc) is 2.43. The topological polar surface area (TPSA) is 41.1 Å². The first kappa shape index (κ1) is 14.0. The molecule has 0 aliphatic carbocycles. The van der Waals surface area contributed by atoms with E-state index in [4.69, 9.17) is 11.6 Å². The summed E-state index contributed by atoms with van der Waals surface area (Å²) in [6.07, 6.45) is 4.01. The van der Waals surface area contributed by atoms with E-state index < -0.39 is 5.82 Å². The zero-order chi connectivity index (χ0) is 13.7. The van der Waals surface area contributed by atoms with E-state index >= 15 is 0 Å². The molecule has 2 rings (SSSR count). The van der Waals surface area contributed by atoms with Crippen LogP contribution in [0.3, 0.4) is 0 Å². The van der Waals surface area contributed by atoms with Gasteiger partial charge in [0.15, 0.2) is 0 Å². The molecule has 0 saturated carbocycles. The fourth-order valence-electron chi connectivity index (χ4n) is 1.97. The summed E-state index contributed by atoms with van der Waals surface area (Å²) in [7, 11) is 0. The Balaban J connectivity index is 1.83. The Labute approximate surface area is 116 Å². The molecule has 2 N–H and O–H groups in total. The second-order valence-electron chi connectivity index (χ2n) is 4.45. The number of hydrogen-bond acceptors (Lipinski definition) is 2. The molecule has 0 saturated heterocycles. The Kier molecular flexibility index (Phi) is 4.93. The van der Waals surface area contributed by atoms with Gasteiger partial charge in [0.1, 0.15) is 5.82 Å². The van der Waals surface area contributed by atoms with Gasteiger partial charge >= 0.3 is 0 Å². The summed E-state index contributed by atoms with van der Waals surface area (Å²) in [6.45, 7) is 2.45. The van der Waals surface area contributed by atoms with Crippen LogP contribution in [0.25, 0.3) is 0 Å². The Morgan fingerprint density at radius 3 is 3.00 bits per heavy atom. The van der Waals surface area contributed by atoms with Crippen molar-refractivity contribution in [2.24, 2.45) is 0 Å². The molecule has 102 valence electrons. The van der Waals surface area contributed by atoms with Crippen LogP contribution in [-0.4, -0.2) is 25.5 Å². The van der Waals surface area contributed by atoms with Crippen LogP contribution >= 0.6 is 11.6 Å². The second kappa shape index (κ2) is 6.68. The van der Waals surface area contributed by atoms with Gasteiger partial charge in [-0.2, -0.15) is 0 Å². The lowest BCUT2D eigenvalue weighted by atomic mass is 10.1. The van der Waals surface area contributed by atoms with Crippen molar-refractivity contribution >= 4 is 17.5 Å². The maximum Gasteiger partial charge on any atom is 0.251 e. The van der Waals surface area contributed by atoms with E-state index in [-0.39, 0.29) is 10.9 Å². The van der Waals surface area contributed by atoms with Crippen molar-refractivity contribution in [1.82, 2.24) is 10.6 Å². The van der Waals surface area contributed by atoms with Gasteiger partial charge in [-0.3, -0.25) is 4.79 Å². The lowest BCUT2D eigenvalue weighted by Gasteiger charge is -2.14. The molecular weight excluding hydrogens is 267 g/mol. The minimum absolute atomic E-state index is 0.0245. The SMILES string of the molecule is O=C(NCCC1=CCNCC1)c1ccc(Cl)c(F)c1. The maximum absolute atomic E-state index is 13.2. The second-order valence-corrected chi connectivity index (χ2v) is 4.86. The Morgan fingerprint density at radius 2 is 2.32 bits per heavy atom. The van der Waals surface area contributed by atoms with Gasteiger partial charge in [-0.25, -0.2) is 4.39 Å². The van der Waals surface area contributed by atoms with Crippen LogP contribution in [0.2, 0.25) is 5.02 Å². The molecule has 1 aromatic rings. The number of amides is 1. The molecule has 1 aliphatic rings. The predicted molar refractivity (Wildman–Crippen MR) is 73.9 cm³/mol. The highest BCUT2D eigenvalue weighted by molar-refractivity contribution is 6.30. The van der Waals surface area contributed by atoms with E-state index in [0.717, 1.165) is 32.0 Å². The van der Waals surface area contributed by atoms with Crippen molar-refractivity contribution in [2.45, 2.75) is 12.8 Å². The number of benzene rings is 1. The van der Waals surface area contributed by atoms with Crippen LogP contribution in [0.1, 0.15) is 23.2 Å². The monoisotopic (exact) mass is 282 g/mol. The molecule has 1 aliphatic heterocycles. The number of nitrogens with one attached hydrogen (secondary N) is 2. The van der Waals surface area contributed by atoms with Crippen LogP contribution in [0.15, 0.2) is 29.8 Å². The first-order valence-corrected chi connectivity index (χ1v) is 6.66. The molecule has 0 fully saturated rings. The van der Waals surface area contributed by atoms with Crippen molar-refractivity contribution in [3.8, 4) is 0 Å². The number of carbonyl (C=O) groups is 1. The van der Waals surface area contributed by atoms with Gasteiger partial charge in [-0.1, -0.05) is 23.3 Å². The average molecular weight is 283 g/mol. The third-order valence-corrected chi connectivity index (χ3v) is 3.38. The smallest absolute Gasteiger partial charge is 0.251 e. The van der Waals surface area contributed by atoms with Crippen LogP contribution in [0, 0.1) is 5.82 Å². The number of rotatable bonds is 4. The Hall–Kier alpha value is -1.39. The first-order chi connectivity index (χ1) is 9.16. The molecule has 0 aromatic heterocycles. The fraction of sp³-hybridized carbons (Fsp3) is 0.357. The number of hydrogen-bond donors (Lipinski definition) is 2. The van der Waals surface area contributed by atoms with E-state index in [1.807, 2.05) is 0 Å². The van der Waals surface area contributed by atoms with E-state index in [9.17, 15) is 9.18 Å². The lowest BCUT2D eigenvalue weighted by molar-refractivity contribution is 0.0953. The largest absolute Gasteiger partial charge is 0.352 e. The quantitative estimate of drug-likeness (QED) is 0.833. The summed E-state index contributed by atoms with van der Waals surface area (Å²) in [5.41, 5.74) is 1.64. The summed E-state index contributed by atoms with van der Waals surface area (Å²) in [5, 5.41) is 6.04. The lowest BCUT2D eigenvalue weighted by Crippen LogP contribution is -2.26. The third kappa shape index (κ3) is 4.04. The van der Waals surface area contributed by atoms with Crippen molar-refractivity contribution in [2.75, 3.05) is 19.6 Å². The van der Waals surface area contributed by atoms with Crippen LogP contribution < -0.4 is 10.6 Å². The minimum atomic E-state index is -0.574.